The highest BCUT2D eigenvalue weighted by atomic mass is 32.2. The molecule has 8 nitrogen and oxygen atoms in total. The Balaban J connectivity index is 1.85. The number of hydrogen-bond acceptors (Lipinski definition) is 5. The summed E-state index contributed by atoms with van der Waals surface area (Å²) in [5.74, 6) is -0.795. The number of hydrazone groups is 1. The first-order valence-corrected chi connectivity index (χ1v) is 12.4. The van der Waals surface area contributed by atoms with Crippen LogP contribution in [-0.4, -0.2) is 32.5 Å². The molecule has 0 saturated heterocycles. The number of carbonyl (C=O) groups excluding carboxylic acids is 2. The minimum atomic E-state index is -4.00. The molecule has 2 N–H and O–H groups in total. The Labute approximate surface area is 205 Å². The van der Waals surface area contributed by atoms with Crippen LogP contribution in [-0.2, 0) is 19.6 Å². The van der Waals surface area contributed by atoms with Crippen LogP contribution in [0.1, 0.15) is 30.5 Å². The lowest BCUT2D eigenvalue weighted by atomic mass is 10.1. The second kappa shape index (κ2) is 11.0. The van der Waals surface area contributed by atoms with Gasteiger partial charge in [-0.05, 0) is 73.9 Å². The standard InChI is InChI=1S/C26H28N4O4S/c1-18-13-14-24(15-19(18)2)30(35(33,34)25-11-6-5-7-12-25)17-26(32)29-28-20(3)22-9-8-10-23(16-22)27-21(4)31/h5-16H,17H2,1-4H3,(H,27,31)(H,29,32)/b28-20-. The second-order valence-corrected chi connectivity index (χ2v) is 9.95. The molecule has 3 aromatic rings. The van der Waals surface area contributed by atoms with E-state index in [0.717, 1.165) is 15.4 Å². The summed E-state index contributed by atoms with van der Waals surface area (Å²) < 4.78 is 27.9. The Bertz CT molecular complexity index is 1370. The van der Waals surface area contributed by atoms with Crippen molar-refractivity contribution >= 4 is 38.9 Å². The third-order valence-corrected chi connectivity index (χ3v) is 7.13. The summed E-state index contributed by atoms with van der Waals surface area (Å²) in [6.07, 6.45) is 0. The molecule has 9 heteroatoms. The highest BCUT2D eigenvalue weighted by Crippen LogP contribution is 2.25. The third-order valence-electron chi connectivity index (χ3n) is 5.35. The number of rotatable bonds is 8. The lowest BCUT2D eigenvalue weighted by molar-refractivity contribution is -0.119. The van der Waals surface area contributed by atoms with E-state index in [1.165, 1.54) is 19.1 Å². The highest BCUT2D eigenvalue weighted by molar-refractivity contribution is 7.92. The average Bonchev–Trinajstić information content (AvgIpc) is 2.83. The summed E-state index contributed by atoms with van der Waals surface area (Å²) >= 11 is 0. The molecule has 0 atom stereocenters. The summed E-state index contributed by atoms with van der Waals surface area (Å²) in [7, 11) is -4.00. The molecule has 0 aliphatic rings. The van der Waals surface area contributed by atoms with Gasteiger partial charge in [0.25, 0.3) is 15.9 Å². The highest BCUT2D eigenvalue weighted by Gasteiger charge is 2.27. The van der Waals surface area contributed by atoms with Crippen molar-refractivity contribution in [1.82, 2.24) is 5.43 Å². The number of benzene rings is 3. The Hall–Kier alpha value is -3.98. The van der Waals surface area contributed by atoms with Crippen LogP contribution in [0, 0.1) is 13.8 Å². The van der Waals surface area contributed by atoms with Crippen LogP contribution in [0.3, 0.4) is 0 Å². The minimum absolute atomic E-state index is 0.0838. The summed E-state index contributed by atoms with van der Waals surface area (Å²) in [4.78, 5) is 24.2. The van der Waals surface area contributed by atoms with Crippen molar-refractivity contribution in [1.29, 1.82) is 0 Å². The zero-order valence-corrected chi connectivity index (χ0v) is 20.9. The van der Waals surface area contributed by atoms with Crippen molar-refractivity contribution in [2.24, 2.45) is 5.10 Å². The monoisotopic (exact) mass is 492 g/mol. The number of nitrogens with zero attached hydrogens (tertiary/aromatic N) is 2. The van der Waals surface area contributed by atoms with Gasteiger partial charge in [0.1, 0.15) is 6.54 Å². The number of sulfonamides is 1. The smallest absolute Gasteiger partial charge is 0.264 e. The van der Waals surface area contributed by atoms with Crippen molar-refractivity contribution in [2.45, 2.75) is 32.6 Å². The lowest BCUT2D eigenvalue weighted by Gasteiger charge is -2.24. The zero-order valence-electron chi connectivity index (χ0n) is 20.1. The molecule has 0 spiro atoms. The van der Waals surface area contributed by atoms with Crippen LogP contribution in [0.2, 0.25) is 0 Å². The van der Waals surface area contributed by atoms with Crippen LogP contribution in [0.4, 0.5) is 11.4 Å². The maximum absolute atomic E-state index is 13.4. The molecule has 3 rings (SSSR count). The molecular formula is C26H28N4O4S. The van der Waals surface area contributed by atoms with Crippen molar-refractivity contribution in [3.63, 3.8) is 0 Å². The van der Waals surface area contributed by atoms with Gasteiger partial charge >= 0.3 is 0 Å². The molecule has 0 bridgehead atoms. The van der Waals surface area contributed by atoms with Gasteiger partial charge in [-0.1, -0.05) is 36.4 Å². The van der Waals surface area contributed by atoms with Crippen molar-refractivity contribution in [2.75, 3.05) is 16.2 Å². The van der Waals surface area contributed by atoms with E-state index in [1.807, 2.05) is 19.9 Å². The Kier molecular flexibility index (Phi) is 8.03. The lowest BCUT2D eigenvalue weighted by Crippen LogP contribution is -2.39. The van der Waals surface area contributed by atoms with Gasteiger partial charge in [-0.3, -0.25) is 13.9 Å². The van der Waals surface area contributed by atoms with Crippen LogP contribution < -0.4 is 15.0 Å². The molecule has 0 unspecified atom stereocenters. The van der Waals surface area contributed by atoms with Gasteiger partial charge in [-0.2, -0.15) is 5.10 Å². The molecule has 0 saturated carbocycles. The maximum atomic E-state index is 13.4. The van der Waals surface area contributed by atoms with E-state index in [1.54, 1.807) is 61.5 Å². The van der Waals surface area contributed by atoms with Gasteiger partial charge in [-0.15, -0.1) is 0 Å². The molecule has 182 valence electrons. The van der Waals surface area contributed by atoms with E-state index < -0.39 is 22.5 Å². The average molecular weight is 493 g/mol. The molecule has 0 aromatic heterocycles. The first-order valence-electron chi connectivity index (χ1n) is 10.9. The number of anilines is 2. The van der Waals surface area contributed by atoms with Crippen molar-refractivity contribution < 1.29 is 18.0 Å². The number of amides is 2. The van der Waals surface area contributed by atoms with Crippen LogP contribution >= 0.6 is 0 Å². The predicted molar refractivity (Wildman–Crippen MR) is 138 cm³/mol. The van der Waals surface area contributed by atoms with E-state index in [9.17, 15) is 18.0 Å². The Morgan fingerprint density at radius 1 is 0.886 bits per heavy atom. The van der Waals surface area contributed by atoms with E-state index in [0.29, 0.717) is 22.6 Å². The van der Waals surface area contributed by atoms with E-state index in [-0.39, 0.29) is 10.8 Å². The fourth-order valence-corrected chi connectivity index (χ4v) is 4.75. The topological polar surface area (TPSA) is 108 Å². The minimum Gasteiger partial charge on any atom is -0.326 e. The van der Waals surface area contributed by atoms with Crippen LogP contribution in [0.25, 0.3) is 0 Å². The summed E-state index contributed by atoms with van der Waals surface area (Å²) in [5.41, 5.74) is 6.54. The fraction of sp³-hybridized carbons (Fsp3) is 0.192. The van der Waals surface area contributed by atoms with E-state index >= 15 is 0 Å². The normalized spacial score (nSPS) is 11.6. The summed E-state index contributed by atoms with van der Waals surface area (Å²) in [6, 6.07) is 20.2. The summed E-state index contributed by atoms with van der Waals surface area (Å²) in [6.45, 7) is 6.48. The number of aryl methyl sites for hydroxylation is 2. The molecule has 0 fully saturated rings. The zero-order chi connectivity index (χ0) is 25.6. The van der Waals surface area contributed by atoms with Gasteiger partial charge in [0.15, 0.2) is 0 Å². The molecule has 0 aliphatic heterocycles. The van der Waals surface area contributed by atoms with Gasteiger partial charge in [0.2, 0.25) is 5.91 Å². The quantitative estimate of drug-likeness (QED) is 0.366. The molecule has 0 aliphatic carbocycles. The maximum Gasteiger partial charge on any atom is 0.264 e. The van der Waals surface area contributed by atoms with Gasteiger partial charge in [0, 0.05) is 12.6 Å². The number of hydrogen-bond donors (Lipinski definition) is 2. The molecule has 3 aromatic carbocycles. The van der Waals surface area contributed by atoms with E-state index in [4.69, 9.17) is 0 Å². The molecule has 35 heavy (non-hydrogen) atoms. The summed E-state index contributed by atoms with van der Waals surface area (Å²) in [5, 5.41) is 6.83. The Morgan fingerprint density at radius 2 is 1.60 bits per heavy atom. The number of nitrogens with one attached hydrogen (secondary N) is 2. The molecular weight excluding hydrogens is 464 g/mol. The van der Waals surface area contributed by atoms with Crippen molar-refractivity contribution in [3.8, 4) is 0 Å². The first-order chi connectivity index (χ1) is 16.6. The van der Waals surface area contributed by atoms with Gasteiger partial charge in [-0.25, -0.2) is 13.8 Å². The predicted octanol–water partition coefficient (Wildman–Crippen LogP) is 4.00. The largest absolute Gasteiger partial charge is 0.326 e. The SMILES string of the molecule is CC(=O)Nc1cccc(/C(C)=N\NC(=O)CN(c2ccc(C)c(C)c2)S(=O)(=O)c2ccccc2)c1. The first kappa shape index (κ1) is 25.6. The third kappa shape index (κ3) is 6.54. The van der Waals surface area contributed by atoms with Crippen LogP contribution in [0.5, 0.6) is 0 Å². The second-order valence-electron chi connectivity index (χ2n) is 8.09. The van der Waals surface area contributed by atoms with Gasteiger partial charge < -0.3 is 5.32 Å². The van der Waals surface area contributed by atoms with Crippen molar-refractivity contribution in [3.05, 3.63) is 89.5 Å². The molecule has 2 amide bonds. The fourth-order valence-electron chi connectivity index (χ4n) is 3.32. The van der Waals surface area contributed by atoms with E-state index in [2.05, 4.69) is 15.8 Å². The molecule has 0 heterocycles. The molecule has 0 radical (unpaired) electrons. The van der Waals surface area contributed by atoms with Gasteiger partial charge in [0.05, 0.1) is 16.3 Å². The number of carbonyl (C=O) groups is 2. The Morgan fingerprint density at radius 3 is 2.26 bits per heavy atom. The van der Waals surface area contributed by atoms with Crippen LogP contribution in [0.15, 0.2) is 82.8 Å².